The van der Waals surface area contributed by atoms with Gasteiger partial charge in [-0.3, -0.25) is 9.59 Å². The van der Waals surface area contributed by atoms with Gasteiger partial charge in [0.05, 0.1) is 12.3 Å². The summed E-state index contributed by atoms with van der Waals surface area (Å²) in [5, 5.41) is 20.9. The highest BCUT2D eigenvalue weighted by Gasteiger charge is 2.21. The van der Waals surface area contributed by atoms with Crippen LogP contribution in [-0.2, 0) is 16.0 Å². The molecule has 0 saturated heterocycles. The molecule has 1 atom stereocenters. The zero-order valence-electron chi connectivity index (χ0n) is 9.35. The number of azide groups is 1. The molecule has 0 bridgehead atoms. The first-order valence-electron chi connectivity index (χ1n) is 5.11. The Hall–Kier alpha value is -2.53. The molecular formula is C11H11N3O4. The van der Waals surface area contributed by atoms with E-state index in [1.54, 1.807) is 24.3 Å². The lowest BCUT2D eigenvalue weighted by atomic mass is 9.96. The number of nitrogens with zero attached hydrogens (tertiary/aromatic N) is 3. The molecule has 0 spiro atoms. The Morgan fingerprint density at radius 2 is 1.89 bits per heavy atom. The van der Waals surface area contributed by atoms with Crippen LogP contribution in [0.1, 0.15) is 12.0 Å². The molecule has 1 rings (SSSR count). The monoisotopic (exact) mass is 249 g/mol. The van der Waals surface area contributed by atoms with Crippen LogP contribution < -0.4 is 0 Å². The van der Waals surface area contributed by atoms with E-state index in [0.29, 0.717) is 11.3 Å². The van der Waals surface area contributed by atoms with Gasteiger partial charge >= 0.3 is 11.9 Å². The van der Waals surface area contributed by atoms with Crippen LogP contribution >= 0.6 is 0 Å². The van der Waals surface area contributed by atoms with Crippen molar-refractivity contribution in [3.8, 4) is 0 Å². The first kappa shape index (κ1) is 13.5. The Labute approximate surface area is 102 Å². The van der Waals surface area contributed by atoms with Crippen LogP contribution in [0.15, 0.2) is 29.4 Å². The van der Waals surface area contributed by atoms with Crippen molar-refractivity contribution in [2.24, 2.45) is 11.0 Å². The SMILES string of the molecule is [N-]=[N+]=Nc1ccc(CC(CC(=O)O)C(=O)O)cc1. The number of rotatable bonds is 6. The van der Waals surface area contributed by atoms with Crippen molar-refractivity contribution in [2.75, 3.05) is 0 Å². The van der Waals surface area contributed by atoms with Gasteiger partial charge in [0, 0.05) is 10.6 Å². The van der Waals surface area contributed by atoms with E-state index in [0.717, 1.165) is 0 Å². The average Bonchev–Trinajstić information content (AvgIpc) is 2.30. The van der Waals surface area contributed by atoms with Gasteiger partial charge in [-0.25, -0.2) is 0 Å². The number of carboxylic acid groups (broad SMARTS) is 2. The second-order valence-electron chi connectivity index (χ2n) is 3.69. The van der Waals surface area contributed by atoms with Crippen LogP contribution in [0, 0.1) is 5.92 Å². The summed E-state index contributed by atoms with van der Waals surface area (Å²) in [5.41, 5.74) is 9.33. The second kappa shape index (κ2) is 6.27. The first-order valence-corrected chi connectivity index (χ1v) is 5.11. The fraction of sp³-hybridized carbons (Fsp3) is 0.273. The summed E-state index contributed by atoms with van der Waals surface area (Å²) in [6.07, 6.45) is -0.300. The third kappa shape index (κ3) is 4.15. The van der Waals surface area contributed by atoms with E-state index in [-0.39, 0.29) is 6.42 Å². The molecule has 0 aliphatic rings. The van der Waals surface area contributed by atoms with Crippen molar-refractivity contribution >= 4 is 17.6 Å². The molecule has 0 aromatic heterocycles. The number of carbonyl (C=O) groups is 2. The Morgan fingerprint density at radius 1 is 1.28 bits per heavy atom. The van der Waals surface area contributed by atoms with Crippen molar-refractivity contribution < 1.29 is 19.8 Å². The third-order valence-electron chi connectivity index (χ3n) is 2.35. The maximum absolute atomic E-state index is 10.9. The lowest BCUT2D eigenvalue weighted by molar-refractivity contribution is -0.148. The molecule has 0 aliphatic heterocycles. The highest BCUT2D eigenvalue weighted by molar-refractivity contribution is 5.78. The third-order valence-corrected chi connectivity index (χ3v) is 2.35. The number of carboxylic acids is 2. The Morgan fingerprint density at radius 3 is 2.33 bits per heavy atom. The molecule has 18 heavy (non-hydrogen) atoms. The minimum absolute atomic E-state index is 0.123. The quantitative estimate of drug-likeness (QED) is 0.456. The summed E-state index contributed by atoms with van der Waals surface area (Å²) >= 11 is 0. The van der Waals surface area contributed by atoms with Crippen molar-refractivity contribution in [1.82, 2.24) is 0 Å². The van der Waals surface area contributed by atoms with Gasteiger partial charge in [-0.1, -0.05) is 29.4 Å². The maximum atomic E-state index is 10.9. The molecule has 0 aliphatic carbocycles. The molecule has 2 N–H and O–H groups in total. The molecule has 1 aromatic carbocycles. The molecule has 0 heterocycles. The van der Waals surface area contributed by atoms with E-state index in [2.05, 4.69) is 10.0 Å². The van der Waals surface area contributed by atoms with E-state index in [9.17, 15) is 9.59 Å². The molecule has 94 valence electrons. The molecule has 0 amide bonds. The van der Waals surface area contributed by atoms with Gasteiger partial charge in [0.2, 0.25) is 0 Å². The number of hydrogen-bond donors (Lipinski definition) is 2. The lowest BCUT2D eigenvalue weighted by Gasteiger charge is -2.09. The smallest absolute Gasteiger partial charge is 0.307 e. The summed E-state index contributed by atoms with van der Waals surface area (Å²) in [5.74, 6) is -3.25. The second-order valence-corrected chi connectivity index (χ2v) is 3.69. The van der Waals surface area contributed by atoms with Crippen molar-refractivity contribution in [3.05, 3.63) is 40.3 Å². The molecular weight excluding hydrogens is 238 g/mol. The van der Waals surface area contributed by atoms with Gasteiger partial charge in [-0.15, -0.1) is 0 Å². The fourth-order valence-electron chi connectivity index (χ4n) is 1.49. The molecule has 0 radical (unpaired) electrons. The minimum Gasteiger partial charge on any atom is -0.481 e. The minimum atomic E-state index is -1.15. The number of hydrogen-bond acceptors (Lipinski definition) is 3. The predicted octanol–water partition coefficient (Wildman–Crippen LogP) is 2.35. The fourth-order valence-corrected chi connectivity index (χ4v) is 1.49. The molecule has 1 unspecified atom stereocenters. The van der Waals surface area contributed by atoms with Gasteiger partial charge in [-0.2, -0.15) is 0 Å². The van der Waals surface area contributed by atoms with Crippen molar-refractivity contribution in [3.63, 3.8) is 0 Å². The maximum Gasteiger partial charge on any atom is 0.307 e. The predicted molar refractivity (Wildman–Crippen MR) is 62.3 cm³/mol. The van der Waals surface area contributed by atoms with E-state index >= 15 is 0 Å². The van der Waals surface area contributed by atoms with Gasteiger partial charge in [0.1, 0.15) is 0 Å². The first-order chi connectivity index (χ1) is 8.52. The zero-order chi connectivity index (χ0) is 13.5. The van der Waals surface area contributed by atoms with Crippen LogP contribution in [-0.4, -0.2) is 22.2 Å². The normalized spacial score (nSPS) is 11.3. The summed E-state index contributed by atoms with van der Waals surface area (Å²) in [6, 6.07) is 6.33. The molecule has 0 fully saturated rings. The summed E-state index contributed by atoms with van der Waals surface area (Å²) in [4.78, 5) is 24.0. The van der Waals surface area contributed by atoms with Crippen LogP contribution in [0.25, 0.3) is 10.4 Å². The number of benzene rings is 1. The Kier molecular flexibility index (Phi) is 4.71. The van der Waals surface area contributed by atoms with Gasteiger partial charge in [0.25, 0.3) is 0 Å². The lowest BCUT2D eigenvalue weighted by Crippen LogP contribution is -2.20. The Bertz CT molecular complexity index is 492. The average molecular weight is 249 g/mol. The van der Waals surface area contributed by atoms with Crippen molar-refractivity contribution in [2.45, 2.75) is 12.8 Å². The highest BCUT2D eigenvalue weighted by Crippen LogP contribution is 2.17. The van der Waals surface area contributed by atoms with Gasteiger partial charge in [-0.05, 0) is 17.5 Å². The summed E-state index contributed by atoms with van der Waals surface area (Å²) in [7, 11) is 0. The molecule has 7 heteroatoms. The van der Waals surface area contributed by atoms with Crippen LogP contribution in [0.2, 0.25) is 0 Å². The van der Waals surface area contributed by atoms with E-state index in [4.69, 9.17) is 15.7 Å². The zero-order valence-corrected chi connectivity index (χ0v) is 9.35. The van der Waals surface area contributed by atoms with E-state index < -0.39 is 24.3 Å². The van der Waals surface area contributed by atoms with Gasteiger partial charge in [0.15, 0.2) is 0 Å². The largest absolute Gasteiger partial charge is 0.481 e. The van der Waals surface area contributed by atoms with Crippen LogP contribution in [0.4, 0.5) is 5.69 Å². The topological polar surface area (TPSA) is 123 Å². The summed E-state index contributed by atoms with van der Waals surface area (Å²) < 4.78 is 0. The molecule has 1 aromatic rings. The highest BCUT2D eigenvalue weighted by atomic mass is 16.4. The van der Waals surface area contributed by atoms with Crippen LogP contribution in [0.3, 0.4) is 0 Å². The van der Waals surface area contributed by atoms with Gasteiger partial charge < -0.3 is 10.2 Å². The number of aliphatic carboxylic acids is 2. The Balaban J connectivity index is 2.77. The van der Waals surface area contributed by atoms with E-state index in [1.165, 1.54) is 0 Å². The van der Waals surface area contributed by atoms with Crippen LogP contribution in [0.5, 0.6) is 0 Å². The molecule has 0 saturated carbocycles. The van der Waals surface area contributed by atoms with E-state index in [1.807, 2.05) is 0 Å². The molecule has 7 nitrogen and oxygen atoms in total. The van der Waals surface area contributed by atoms with Crippen molar-refractivity contribution in [1.29, 1.82) is 0 Å². The summed E-state index contributed by atoms with van der Waals surface area (Å²) in [6.45, 7) is 0. The standard InChI is InChI=1S/C11H11N3O4/c12-14-13-9-3-1-7(2-4-9)5-8(11(17)18)6-10(15)16/h1-4,8H,5-6H2,(H,15,16)(H,17,18).